The SMILES string of the molecule is C=C1CCN(c2ccc(CCCN(C)C)cc2)CC1. The Hall–Kier alpha value is -1.28. The van der Waals surface area contributed by atoms with E-state index >= 15 is 0 Å². The highest BCUT2D eigenvalue weighted by Crippen LogP contribution is 2.22. The largest absolute Gasteiger partial charge is 0.371 e. The number of nitrogens with zero attached hydrogens (tertiary/aromatic N) is 2. The van der Waals surface area contributed by atoms with Crippen LogP contribution in [0.1, 0.15) is 24.8 Å². The minimum absolute atomic E-state index is 1.12. The molecule has 0 spiro atoms. The Bertz CT molecular complexity index is 396. The van der Waals surface area contributed by atoms with Gasteiger partial charge in [-0.3, -0.25) is 0 Å². The van der Waals surface area contributed by atoms with Crippen molar-refractivity contribution >= 4 is 5.69 Å². The molecule has 0 atom stereocenters. The fourth-order valence-corrected chi connectivity index (χ4v) is 2.55. The highest BCUT2D eigenvalue weighted by molar-refractivity contribution is 5.48. The molecule has 1 aromatic rings. The van der Waals surface area contributed by atoms with E-state index in [1.807, 2.05) is 0 Å². The number of anilines is 1. The fraction of sp³-hybridized carbons (Fsp3) is 0.529. The summed E-state index contributed by atoms with van der Waals surface area (Å²) in [5.74, 6) is 0. The molecule has 1 heterocycles. The van der Waals surface area contributed by atoms with Crippen molar-refractivity contribution < 1.29 is 0 Å². The van der Waals surface area contributed by atoms with Crippen molar-refractivity contribution in [3.8, 4) is 0 Å². The predicted octanol–water partition coefficient (Wildman–Crippen LogP) is 3.34. The van der Waals surface area contributed by atoms with Crippen LogP contribution in [0.3, 0.4) is 0 Å². The standard InChI is InChI=1S/C17H26N2/c1-15-10-13-19(14-11-15)17-8-6-16(7-9-17)5-4-12-18(2)3/h6-9H,1,4-5,10-14H2,2-3H3. The summed E-state index contributed by atoms with van der Waals surface area (Å²) in [7, 11) is 4.26. The minimum atomic E-state index is 1.12. The van der Waals surface area contributed by atoms with Crippen molar-refractivity contribution in [2.24, 2.45) is 0 Å². The Kier molecular flexibility index (Phi) is 5.03. The van der Waals surface area contributed by atoms with E-state index in [1.165, 1.54) is 29.7 Å². The monoisotopic (exact) mass is 258 g/mol. The summed E-state index contributed by atoms with van der Waals surface area (Å²) in [6.07, 6.45) is 4.69. The van der Waals surface area contributed by atoms with Crippen molar-refractivity contribution in [2.75, 3.05) is 38.6 Å². The molecule has 0 unspecified atom stereocenters. The van der Waals surface area contributed by atoms with Gasteiger partial charge in [0.2, 0.25) is 0 Å². The molecule has 0 saturated carbocycles. The van der Waals surface area contributed by atoms with Crippen LogP contribution in [0.4, 0.5) is 5.69 Å². The lowest BCUT2D eigenvalue weighted by molar-refractivity contribution is 0.400. The molecule has 2 nitrogen and oxygen atoms in total. The molecule has 104 valence electrons. The van der Waals surface area contributed by atoms with Crippen LogP contribution in [0.25, 0.3) is 0 Å². The Morgan fingerprint density at radius 1 is 1.11 bits per heavy atom. The van der Waals surface area contributed by atoms with Gasteiger partial charge in [-0.15, -0.1) is 0 Å². The van der Waals surface area contributed by atoms with E-state index in [0.717, 1.165) is 32.5 Å². The first kappa shape index (κ1) is 14.1. The third-order valence-corrected chi connectivity index (χ3v) is 3.84. The Morgan fingerprint density at radius 2 is 1.74 bits per heavy atom. The van der Waals surface area contributed by atoms with Gasteiger partial charge in [0, 0.05) is 18.8 Å². The summed E-state index contributed by atoms with van der Waals surface area (Å²) < 4.78 is 0. The summed E-state index contributed by atoms with van der Waals surface area (Å²) in [6.45, 7) is 7.48. The molecule has 0 radical (unpaired) electrons. The molecule has 1 saturated heterocycles. The lowest BCUT2D eigenvalue weighted by Crippen LogP contribution is -2.30. The lowest BCUT2D eigenvalue weighted by atomic mass is 10.0. The van der Waals surface area contributed by atoms with Gasteiger partial charge in [0.25, 0.3) is 0 Å². The van der Waals surface area contributed by atoms with E-state index in [1.54, 1.807) is 0 Å². The highest BCUT2D eigenvalue weighted by Gasteiger charge is 2.12. The second kappa shape index (κ2) is 6.76. The van der Waals surface area contributed by atoms with Crippen LogP contribution in [0.15, 0.2) is 36.4 Å². The van der Waals surface area contributed by atoms with Crippen molar-refractivity contribution in [1.29, 1.82) is 0 Å². The Labute approximate surface area is 117 Å². The van der Waals surface area contributed by atoms with Gasteiger partial charge in [0.05, 0.1) is 0 Å². The van der Waals surface area contributed by atoms with Gasteiger partial charge >= 0.3 is 0 Å². The van der Waals surface area contributed by atoms with E-state index in [2.05, 4.69) is 54.7 Å². The molecule has 19 heavy (non-hydrogen) atoms. The summed E-state index contributed by atoms with van der Waals surface area (Å²) in [6, 6.07) is 9.13. The molecule has 1 aliphatic rings. The Morgan fingerprint density at radius 3 is 2.32 bits per heavy atom. The van der Waals surface area contributed by atoms with Crippen LogP contribution in [-0.2, 0) is 6.42 Å². The zero-order chi connectivity index (χ0) is 13.7. The maximum absolute atomic E-state index is 4.07. The minimum Gasteiger partial charge on any atom is -0.371 e. The second-order valence-electron chi connectivity index (χ2n) is 5.81. The third-order valence-electron chi connectivity index (χ3n) is 3.84. The number of benzene rings is 1. The fourth-order valence-electron chi connectivity index (χ4n) is 2.55. The number of piperidine rings is 1. The Balaban J connectivity index is 1.85. The van der Waals surface area contributed by atoms with Crippen LogP contribution >= 0.6 is 0 Å². The average molecular weight is 258 g/mol. The normalized spacial score (nSPS) is 16.2. The van der Waals surface area contributed by atoms with Gasteiger partial charge in [0.1, 0.15) is 0 Å². The smallest absolute Gasteiger partial charge is 0.0366 e. The highest BCUT2D eigenvalue weighted by atomic mass is 15.1. The van der Waals surface area contributed by atoms with Crippen molar-refractivity contribution in [1.82, 2.24) is 4.90 Å². The first-order chi connectivity index (χ1) is 9.15. The number of aryl methyl sites for hydroxylation is 1. The predicted molar refractivity (Wildman–Crippen MR) is 83.9 cm³/mol. The molecular formula is C17H26N2. The lowest BCUT2D eigenvalue weighted by Gasteiger charge is -2.30. The van der Waals surface area contributed by atoms with E-state index in [4.69, 9.17) is 0 Å². The van der Waals surface area contributed by atoms with Crippen molar-refractivity contribution in [3.63, 3.8) is 0 Å². The molecule has 0 aliphatic carbocycles. The molecular weight excluding hydrogens is 232 g/mol. The molecule has 0 bridgehead atoms. The summed E-state index contributed by atoms with van der Waals surface area (Å²) >= 11 is 0. The quantitative estimate of drug-likeness (QED) is 0.747. The van der Waals surface area contributed by atoms with Crippen LogP contribution in [0, 0.1) is 0 Å². The zero-order valence-corrected chi connectivity index (χ0v) is 12.4. The van der Waals surface area contributed by atoms with Crippen LogP contribution in [-0.4, -0.2) is 38.6 Å². The third kappa shape index (κ3) is 4.39. The topological polar surface area (TPSA) is 6.48 Å². The number of rotatable bonds is 5. The molecule has 1 fully saturated rings. The van der Waals surface area contributed by atoms with E-state index in [0.29, 0.717) is 0 Å². The number of hydrogen-bond donors (Lipinski definition) is 0. The van der Waals surface area contributed by atoms with Crippen molar-refractivity contribution in [2.45, 2.75) is 25.7 Å². The van der Waals surface area contributed by atoms with Crippen LogP contribution in [0.2, 0.25) is 0 Å². The molecule has 1 aliphatic heterocycles. The molecule has 2 heteroatoms. The van der Waals surface area contributed by atoms with Crippen molar-refractivity contribution in [3.05, 3.63) is 42.0 Å². The first-order valence-corrected chi connectivity index (χ1v) is 7.30. The maximum atomic E-state index is 4.07. The van der Waals surface area contributed by atoms with Gasteiger partial charge in [-0.1, -0.05) is 24.3 Å². The molecule has 0 N–H and O–H groups in total. The first-order valence-electron chi connectivity index (χ1n) is 7.30. The second-order valence-corrected chi connectivity index (χ2v) is 5.81. The van der Waals surface area contributed by atoms with Gasteiger partial charge in [-0.25, -0.2) is 0 Å². The molecule has 0 amide bonds. The summed E-state index contributed by atoms with van der Waals surface area (Å²) in [5, 5.41) is 0. The van der Waals surface area contributed by atoms with Gasteiger partial charge in [-0.2, -0.15) is 0 Å². The van der Waals surface area contributed by atoms with E-state index in [-0.39, 0.29) is 0 Å². The van der Waals surface area contributed by atoms with Crippen LogP contribution in [0.5, 0.6) is 0 Å². The molecule has 0 aromatic heterocycles. The van der Waals surface area contributed by atoms with Gasteiger partial charge in [-0.05, 0) is 64.0 Å². The molecule has 2 rings (SSSR count). The van der Waals surface area contributed by atoms with E-state index in [9.17, 15) is 0 Å². The zero-order valence-electron chi connectivity index (χ0n) is 12.4. The maximum Gasteiger partial charge on any atom is 0.0366 e. The number of hydrogen-bond acceptors (Lipinski definition) is 2. The van der Waals surface area contributed by atoms with Gasteiger partial charge < -0.3 is 9.80 Å². The summed E-state index contributed by atoms with van der Waals surface area (Å²) in [5.41, 5.74) is 4.22. The van der Waals surface area contributed by atoms with Crippen LogP contribution < -0.4 is 4.90 Å². The molecule has 1 aromatic carbocycles. The average Bonchev–Trinajstić information content (AvgIpc) is 2.40. The van der Waals surface area contributed by atoms with E-state index < -0.39 is 0 Å². The summed E-state index contributed by atoms with van der Waals surface area (Å²) in [4.78, 5) is 4.72. The van der Waals surface area contributed by atoms with Gasteiger partial charge in [0.15, 0.2) is 0 Å².